The number of fused-ring (bicyclic) bond motifs is 1. The van der Waals surface area contributed by atoms with Crippen molar-refractivity contribution in [2.45, 2.75) is 11.8 Å². The summed E-state index contributed by atoms with van der Waals surface area (Å²) < 4.78 is 24.5. The summed E-state index contributed by atoms with van der Waals surface area (Å²) in [6, 6.07) is 10.4. The number of nitrogen functional groups attached to an aromatic ring is 1. The number of nitrogens with one attached hydrogen (secondary N) is 1. The van der Waals surface area contributed by atoms with Crippen LogP contribution >= 0.6 is 0 Å². The van der Waals surface area contributed by atoms with Gasteiger partial charge in [-0.2, -0.15) is 0 Å². The van der Waals surface area contributed by atoms with Gasteiger partial charge in [-0.25, -0.2) is 18.4 Å². The average molecular weight is 371 g/mol. The van der Waals surface area contributed by atoms with E-state index < -0.39 is 9.84 Å². The van der Waals surface area contributed by atoms with Crippen LogP contribution < -0.4 is 16.0 Å². The third-order valence-electron chi connectivity index (χ3n) is 4.10. The van der Waals surface area contributed by atoms with E-state index >= 15 is 0 Å². The third-order valence-corrected chi connectivity index (χ3v) is 5.83. The molecule has 0 amide bonds. The molecule has 0 bridgehead atoms. The first kappa shape index (κ1) is 17.9. The van der Waals surface area contributed by atoms with E-state index in [0.717, 1.165) is 16.6 Å². The van der Waals surface area contributed by atoms with E-state index in [1.807, 2.05) is 25.1 Å². The van der Waals surface area contributed by atoms with Gasteiger partial charge in [-0.15, -0.1) is 0 Å². The fraction of sp³-hybridized carbons (Fsp3) is 0.222. The van der Waals surface area contributed by atoms with Gasteiger partial charge in [0.2, 0.25) is 0 Å². The summed E-state index contributed by atoms with van der Waals surface area (Å²) in [5.41, 5.74) is 8.73. The minimum atomic E-state index is -3.32. The molecule has 3 aromatic rings. The zero-order valence-electron chi connectivity index (χ0n) is 14.9. The predicted octanol–water partition coefficient (Wildman–Crippen LogP) is 2.82. The van der Waals surface area contributed by atoms with Crippen molar-refractivity contribution >= 4 is 43.6 Å². The number of nitrogens with zero attached hydrogens (tertiary/aromatic N) is 3. The summed E-state index contributed by atoms with van der Waals surface area (Å²) in [4.78, 5) is 10.7. The number of aromatic nitrogens is 2. The molecule has 0 atom stereocenters. The Labute approximate surface area is 152 Å². The second-order valence-electron chi connectivity index (χ2n) is 6.10. The Morgan fingerprint density at radius 1 is 1.12 bits per heavy atom. The van der Waals surface area contributed by atoms with Crippen LogP contribution in [0.1, 0.15) is 6.92 Å². The van der Waals surface area contributed by atoms with Crippen molar-refractivity contribution < 1.29 is 8.42 Å². The number of sulfone groups is 1. The normalized spacial score (nSPS) is 11.5. The minimum Gasteiger partial charge on any atom is -0.399 e. The van der Waals surface area contributed by atoms with Crippen molar-refractivity contribution in [1.29, 1.82) is 0 Å². The Bertz CT molecular complexity index is 1060. The molecule has 3 rings (SSSR count). The first-order valence-electron chi connectivity index (χ1n) is 8.13. The molecular formula is C18H21N5O2S. The summed E-state index contributed by atoms with van der Waals surface area (Å²) in [6.45, 7) is 1.63. The second kappa shape index (κ2) is 6.80. The molecule has 0 aliphatic rings. The van der Waals surface area contributed by atoms with Crippen molar-refractivity contribution in [3.63, 3.8) is 0 Å². The predicted molar refractivity (Wildman–Crippen MR) is 106 cm³/mol. The van der Waals surface area contributed by atoms with Gasteiger partial charge in [0.05, 0.1) is 27.5 Å². The van der Waals surface area contributed by atoms with Crippen LogP contribution in [-0.4, -0.2) is 38.2 Å². The lowest BCUT2D eigenvalue weighted by atomic mass is 10.2. The summed E-state index contributed by atoms with van der Waals surface area (Å²) in [5, 5.41) is 4.01. The quantitative estimate of drug-likeness (QED) is 0.665. The fourth-order valence-corrected chi connectivity index (χ4v) is 3.57. The van der Waals surface area contributed by atoms with Crippen LogP contribution in [0.4, 0.5) is 22.9 Å². The van der Waals surface area contributed by atoms with E-state index in [1.54, 1.807) is 37.3 Å². The summed E-state index contributed by atoms with van der Waals surface area (Å²) in [7, 11) is 0.471. The third kappa shape index (κ3) is 3.41. The first-order chi connectivity index (χ1) is 12.3. The number of nitrogens with two attached hydrogens (primary N) is 1. The van der Waals surface area contributed by atoms with E-state index in [2.05, 4.69) is 15.3 Å². The highest BCUT2D eigenvalue weighted by Crippen LogP contribution is 2.32. The molecule has 0 radical (unpaired) electrons. The van der Waals surface area contributed by atoms with Gasteiger partial charge in [0.25, 0.3) is 0 Å². The van der Waals surface area contributed by atoms with Crippen LogP contribution in [-0.2, 0) is 9.84 Å². The molecule has 3 N–H and O–H groups in total. The van der Waals surface area contributed by atoms with Crippen molar-refractivity contribution in [3.8, 4) is 0 Å². The van der Waals surface area contributed by atoms with E-state index in [9.17, 15) is 8.42 Å². The summed E-state index contributed by atoms with van der Waals surface area (Å²) in [6.07, 6.45) is 1.46. The Hall–Kier alpha value is -2.87. The van der Waals surface area contributed by atoms with E-state index in [-0.39, 0.29) is 10.6 Å². The van der Waals surface area contributed by atoms with E-state index in [4.69, 9.17) is 5.73 Å². The molecule has 0 saturated carbocycles. The molecule has 0 spiro atoms. The van der Waals surface area contributed by atoms with Gasteiger partial charge in [-0.1, -0.05) is 6.92 Å². The monoisotopic (exact) mass is 371 g/mol. The van der Waals surface area contributed by atoms with Gasteiger partial charge >= 0.3 is 0 Å². The second-order valence-corrected chi connectivity index (χ2v) is 8.38. The van der Waals surface area contributed by atoms with E-state index in [0.29, 0.717) is 17.2 Å². The molecule has 1 aromatic heterocycles. The van der Waals surface area contributed by atoms with Gasteiger partial charge in [0, 0.05) is 25.2 Å². The van der Waals surface area contributed by atoms with Gasteiger partial charge in [-0.3, -0.25) is 0 Å². The maximum absolute atomic E-state index is 12.3. The Kier molecular flexibility index (Phi) is 4.69. The van der Waals surface area contributed by atoms with Crippen LogP contribution in [0.2, 0.25) is 0 Å². The van der Waals surface area contributed by atoms with Crippen LogP contribution in [0.15, 0.2) is 47.6 Å². The highest BCUT2D eigenvalue weighted by Gasteiger charge is 2.16. The maximum Gasteiger partial charge on any atom is 0.178 e. The number of benzene rings is 2. The smallest absolute Gasteiger partial charge is 0.178 e. The topological polar surface area (TPSA) is 101 Å². The van der Waals surface area contributed by atoms with Crippen LogP contribution in [0.25, 0.3) is 10.9 Å². The van der Waals surface area contributed by atoms with Gasteiger partial charge in [0.15, 0.2) is 9.84 Å². The van der Waals surface area contributed by atoms with Gasteiger partial charge in [-0.05, 0) is 36.4 Å². The molecule has 2 aromatic carbocycles. The molecule has 136 valence electrons. The number of hydrogen-bond acceptors (Lipinski definition) is 7. The van der Waals surface area contributed by atoms with Crippen molar-refractivity contribution in [3.05, 3.63) is 42.7 Å². The molecule has 0 aliphatic carbocycles. The Morgan fingerprint density at radius 2 is 1.88 bits per heavy atom. The zero-order valence-corrected chi connectivity index (χ0v) is 15.7. The lowest BCUT2D eigenvalue weighted by molar-refractivity contribution is 0.597. The largest absolute Gasteiger partial charge is 0.399 e. The molecule has 0 aliphatic heterocycles. The van der Waals surface area contributed by atoms with Crippen LogP contribution in [0.3, 0.4) is 0 Å². The van der Waals surface area contributed by atoms with Crippen molar-refractivity contribution in [2.75, 3.05) is 35.8 Å². The standard InChI is InChI=1S/C18H21N5O2S/c1-4-26(24,25)13-6-8-17(23(2)3)16(10-13)22-18-14-9-12(19)5-7-15(14)20-11-21-18/h5-11H,4,19H2,1-3H3,(H,20,21,22). The number of anilines is 4. The molecule has 7 nitrogen and oxygen atoms in total. The fourth-order valence-electron chi connectivity index (χ4n) is 2.67. The molecule has 8 heteroatoms. The molecule has 0 saturated heterocycles. The molecule has 1 heterocycles. The van der Waals surface area contributed by atoms with Gasteiger partial charge < -0.3 is 16.0 Å². The van der Waals surface area contributed by atoms with Crippen molar-refractivity contribution in [2.24, 2.45) is 0 Å². The SMILES string of the molecule is CCS(=O)(=O)c1ccc(N(C)C)c(Nc2ncnc3ccc(N)cc23)c1. The van der Waals surface area contributed by atoms with Crippen LogP contribution in [0, 0.1) is 0 Å². The first-order valence-corrected chi connectivity index (χ1v) is 9.78. The average Bonchev–Trinajstić information content (AvgIpc) is 2.62. The molecule has 0 unspecified atom stereocenters. The van der Waals surface area contributed by atoms with E-state index in [1.165, 1.54) is 6.33 Å². The van der Waals surface area contributed by atoms with Crippen LogP contribution in [0.5, 0.6) is 0 Å². The highest BCUT2D eigenvalue weighted by atomic mass is 32.2. The molecule has 26 heavy (non-hydrogen) atoms. The maximum atomic E-state index is 12.3. The Morgan fingerprint density at radius 3 is 2.58 bits per heavy atom. The summed E-state index contributed by atoms with van der Waals surface area (Å²) >= 11 is 0. The molecule has 0 fully saturated rings. The number of hydrogen-bond donors (Lipinski definition) is 2. The highest BCUT2D eigenvalue weighted by molar-refractivity contribution is 7.91. The lowest BCUT2D eigenvalue weighted by Crippen LogP contribution is -2.13. The summed E-state index contributed by atoms with van der Waals surface area (Å²) in [5.74, 6) is 0.609. The number of rotatable bonds is 5. The Balaban J connectivity index is 2.15. The minimum absolute atomic E-state index is 0.0424. The molecular weight excluding hydrogens is 350 g/mol. The van der Waals surface area contributed by atoms with Gasteiger partial charge in [0.1, 0.15) is 12.1 Å². The lowest BCUT2D eigenvalue weighted by Gasteiger charge is -2.20. The zero-order chi connectivity index (χ0) is 18.9. The van der Waals surface area contributed by atoms with Crippen molar-refractivity contribution in [1.82, 2.24) is 9.97 Å².